The van der Waals surface area contributed by atoms with Gasteiger partial charge in [-0.2, -0.15) is 0 Å². The number of dihydropyridines is 1. The summed E-state index contributed by atoms with van der Waals surface area (Å²) in [5, 5.41) is 6.70. The van der Waals surface area contributed by atoms with E-state index < -0.39 is 0 Å². The molecule has 0 fully saturated rings. The number of hydrogen-bond donors (Lipinski definition) is 2. The normalized spacial score (nSPS) is 19.9. The highest BCUT2D eigenvalue weighted by molar-refractivity contribution is 5.41. The van der Waals surface area contributed by atoms with Gasteiger partial charge >= 0.3 is 0 Å². The van der Waals surface area contributed by atoms with Crippen molar-refractivity contribution >= 4 is 0 Å². The SMILES string of the molecule is CNCCOC1C=C(C(C)C)C(C(C)C)=C(C(C)C)N1. The molecule has 1 aliphatic heterocycles. The van der Waals surface area contributed by atoms with E-state index in [9.17, 15) is 0 Å². The molecule has 1 rings (SSSR count). The van der Waals surface area contributed by atoms with Crippen LogP contribution in [0.1, 0.15) is 41.5 Å². The lowest BCUT2D eigenvalue weighted by molar-refractivity contribution is 0.0673. The quantitative estimate of drug-likeness (QED) is 0.702. The van der Waals surface area contributed by atoms with Gasteiger partial charge in [0.25, 0.3) is 0 Å². The number of nitrogens with one attached hydrogen (secondary N) is 2. The number of likely N-dealkylation sites (N-methyl/N-ethyl adjacent to an activating group) is 1. The van der Waals surface area contributed by atoms with Crippen molar-refractivity contribution in [2.24, 2.45) is 17.8 Å². The molecule has 0 saturated heterocycles. The minimum Gasteiger partial charge on any atom is -0.360 e. The van der Waals surface area contributed by atoms with Gasteiger partial charge in [0.05, 0.1) is 6.61 Å². The van der Waals surface area contributed by atoms with Crippen molar-refractivity contribution < 1.29 is 4.74 Å². The first kappa shape index (κ1) is 17.3. The van der Waals surface area contributed by atoms with Crippen molar-refractivity contribution in [3.63, 3.8) is 0 Å². The van der Waals surface area contributed by atoms with E-state index in [-0.39, 0.29) is 6.23 Å². The molecule has 2 N–H and O–H groups in total. The highest BCUT2D eigenvalue weighted by Crippen LogP contribution is 2.34. The van der Waals surface area contributed by atoms with E-state index in [1.165, 1.54) is 16.8 Å². The van der Waals surface area contributed by atoms with Gasteiger partial charge in [-0.1, -0.05) is 41.5 Å². The summed E-state index contributed by atoms with van der Waals surface area (Å²) >= 11 is 0. The first-order valence-corrected chi connectivity index (χ1v) is 7.87. The Morgan fingerprint density at radius 2 is 1.75 bits per heavy atom. The Bertz CT molecular complexity index is 367. The second-order valence-corrected chi connectivity index (χ2v) is 6.45. The lowest BCUT2D eigenvalue weighted by atomic mass is 9.82. The molecule has 20 heavy (non-hydrogen) atoms. The summed E-state index contributed by atoms with van der Waals surface area (Å²) in [4.78, 5) is 0. The van der Waals surface area contributed by atoms with Gasteiger partial charge in [-0.05, 0) is 42.0 Å². The standard InChI is InChI=1S/C17H32N2O/c1-11(2)14-10-15(20-9-8-18-7)19-17(13(5)6)16(14)12(3)4/h10-13,15,18-19H,8-9H2,1-7H3. The summed E-state index contributed by atoms with van der Waals surface area (Å²) in [6, 6.07) is 0. The van der Waals surface area contributed by atoms with E-state index in [2.05, 4.69) is 58.3 Å². The van der Waals surface area contributed by atoms with E-state index >= 15 is 0 Å². The molecule has 0 aliphatic carbocycles. The molecule has 1 atom stereocenters. The smallest absolute Gasteiger partial charge is 0.147 e. The Kier molecular flexibility index (Phi) is 6.77. The third kappa shape index (κ3) is 4.35. The molecule has 116 valence electrons. The minimum atomic E-state index is 0.000602. The van der Waals surface area contributed by atoms with Crippen molar-refractivity contribution in [1.82, 2.24) is 10.6 Å². The maximum atomic E-state index is 5.93. The molecule has 3 heteroatoms. The molecular formula is C17H32N2O. The number of allylic oxidation sites excluding steroid dienone is 3. The Hall–Kier alpha value is -0.800. The summed E-state index contributed by atoms with van der Waals surface area (Å²) in [6.07, 6.45) is 2.27. The first-order chi connectivity index (χ1) is 9.38. The van der Waals surface area contributed by atoms with Crippen LogP contribution in [-0.4, -0.2) is 26.4 Å². The van der Waals surface area contributed by atoms with Crippen molar-refractivity contribution in [3.8, 4) is 0 Å². The lowest BCUT2D eigenvalue weighted by Crippen LogP contribution is -2.38. The third-order valence-corrected chi connectivity index (χ3v) is 3.66. The fourth-order valence-electron chi connectivity index (χ4n) is 2.68. The average Bonchev–Trinajstić information content (AvgIpc) is 2.37. The van der Waals surface area contributed by atoms with E-state index in [1.54, 1.807) is 0 Å². The summed E-state index contributed by atoms with van der Waals surface area (Å²) in [6.45, 7) is 15.2. The molecule has 0 radical (unpaired) electrons. The van der Waals surface area contributed by atoms with E-state index in [0.717, 1.165) is 13.2 Å². The van der Waals surface area contributed by atoms with Gasteiger partial charge in [-0.15, -0.1) is 0 Å². The molecule has 1 aliphatic rings. The van der Waals surface area contributed by atoms with Crippen LogP contribution in [0.3, 0.4) is 0 Å². The van der Waals surface area contributed by atoms with Gasteiger partial charge in [-0.25, -0.2) is 0 Å². The largest absolute Gasteiger partial charge is 0.360 e. The summed E-state index contributed by atoms with van der Waals surface area (Å²) in [7, 11) is 1.95. The highest BCUT2D eigenvalue weighted by atomic mass is 16.5. The van der Waals surface area contributed by atoms with Gasteiger partial charge in [0, 0.05) is 12.2 Å². The zero-order valence-corrected chi connectivity index (χ0v) is 14.2. The Morgan fingerprint density at radius 3 is 2.20 bits per heavy atom. The first-order valence-electron chi connectivity index (χ1n) is 7.87. The monoisotopic (exact) mass is 280 g/mol. The maximum absolute atomic E-state index is 5.93. The predicted octanol–water partition coefficient (Wildman–Crippen LogP) is 3.30. The second kappa shape index (κ2) is 7.84. The van der Waals surface area contributed by atoms with Gasteiger partial charge in [0.2, 0.25) is 0 Å². The van der Waals surface area contributed by atoms with Crippen molar-refractivity contribution in [2.45, 2.75) is 47.8 Å². The highest BCUT2D eigenvalue weighted by Gasteiger charge is 2.26. The Balaban J connectivity index is 3.01. The van der Waals surface area contributed by atoms with Crippen molar-refractivity contribution in [1.29, 1.82) is 0 Å². The van der Waals surface area contributed by atoms with Crippen molar-refractivity contribution in [2.75, 3.05) is 20.2 Å². The Labute approximate surface area is 124 Å². The third-order valence-electron chi connectivity index (χ3n) is 3.66. The average molecular weight is 280 g/mol. The molecular weight excluding hydrogens is 248 g/mol. The molecule has 0 bridgehead atoms. The molecule has 0 amide bonds. The molecule has 0 spiro atoms. The molecule has 1 unspecified atom stereocenters. The molecule has 0 saturated carbocycles. The van der Waals surface area contributed by atoms with Crippen LogP contribution in [0.4, 0.5) is 0 Å². The van der Waals surface area contributed by atoms with Gasteiger partial charge in [0.1, 0.15) is 6.23 Å². The minimum absolute atomic E-state index is 0.000602. The zero-order chi connectivity index (χ0) is 15.3. The van der Waals surface area contributed by atoms with E-state index in [1.807, 2.05) is 7.05 Å². The number of ether oxygens (including phenoxy) is 1. The van der Waals surface area contributed by atoms with Gasteiger partial charge in [0.15, 0.2) is 0 Å². The maximum Gasteiger partial charge on any atom is 0.147 e. The summed E-state index contributed by atoms with van der Waals surface area (Å²) in [5.74, 6) is 1.55. The Morgan fingerprint density at radius 1 is 1.10 bits per heavy atom. The predicted molar refractivity (Wildman–Crippen MR) is 86.4 cm³/mol. The fraction of sp³-hybridized carbons (Fsp3) is 0.765. The van der Waals surface area contributed by atoms with Crippen LogP contribution >= 0.6 is 0 Å². The molecule has 0 aromatic rings. The topological polar surface area (TPSA) is 33.3 Å². The zero-order valence-electron chi connectivity index (χ0n) is 14.2. The molecule has 3 nitrogen and oxygen atoms in total. The summed E-state index contributed by atoms with van der Waals surface area (Å²) < 4.78 is 5.93. The van der Waals surface area contributed by atoms with Crippen LogP contribution in [0.2, 0.25) is 0 Å². The fourth-order valence-corrected chi connectivity index (χ4v) is 2.68. The van der Waals surface area contributed by atoms with Crippen LogP contribution < -0.4 is 10.6 Å². The second-order valence-electron chi connectivity index (χ2n) is 6.45. The summed E-state index contributed by atoms with van der Waals surface area (Å²) in [5.41, 5.74) is 4.26. The van der Waals surface area contributed by atoms with Crippen LogP contribution in [0, 0.1) is 17.8 Å². The van der Waals surface area contributed by atoms with E-state index in [4.69, 9.17) is 4.74 Å². The van der Waals surface area contributed by atoms with Crippen LogP contribution in [0.5, 0.6) is 0 Å². The van der Waals surface area contributed by atoms with Crippen molar-refractivity contribution in [3.05, 3.63) is 22.9 Å². The van der Waals surface area contributed by atoms with E-state index in [0.29, 0.717) is 17.8 Å². The molecule has 1 heterocycles. The van der Waals surface area contributed by atoms with Crippen LogP contribution in [0.15, 0.2) is 22.9 Å². The van der Waals surface area contributed by atoms with Gasteiger partial charge in [-0.3, -0.25) is 0 Å². The van der Waals surface area contributed by atoms with Crippen LogP contribution in [0.25, 0.3) is 0 Å². The van der Waals surface area contributed by atoms with Crippen LogP contribution in [-0.2, 0) is 4.74 Å². The lowest BCUT2D eigenvalue weighted by Gasteiger charge is -2.34. The molecule has 0 aromatic carbocycles. The number of hydrogen-bond acceptors (Lipinski definition) is 3. The molecule has 0 aromatic heterocycles. The van der Waals surface area contributed by atoms with Gasteiger partial charge < -0.3 is 15.4 Å². The number of rotatable bonds is 7.